The highest BCUT2D eigenvalue weighted by Crippen LogP contribution is 2.33. The molecule has 2 rings (SSSR count). The normalized spacial score (nSPS) is 14.1. The molecule has 0 aliphatic carbocycles. The third kappa shape index (κ3) is 5.90. The summed E-state index contributed by atoms with van der Waals surface area (Å²) in [6.45, 7) is 1.69. The Kier molecular flexibility index (Phi) is 6.55. The van der Waals surface area contributed by atoms with Gasteiger partial charge in [-0.15, -0.1) is 0 Å². The topological polar surface area (TPSA) is 55.5 Å². The number of aryl methyl sites for hydroxylation is 1. The monoisotopic (exact) mass is 387 g/mol. The van der Waals surface area contributed by atoms with Crippen LogP contribution in [0.4, 0.5) is 13.2 Å². The van der Waals surface area contributed by atoms with Crippen molar-refractivity contribution in [3.05, 3.63) is 58.6 Å². The van der Waals surface area contributed by atoms with Crippen molar-refractivity contribution in [1.82, 2.24) is 0 Å². The second-order valence-corrected chi connectivity index (χ2v) is 6.95. The van der Waals surface area contributed by atoms with Crippen molar-refractivity contribution in [2.24, 2.45) is 5.73 Å². The SMILES string of the molecule is CC(N)(CO)CCCc1ccc(Oc2cccc(C(F)(F)F)c2)cc1Cl. The van der Waals surface area contributed by atoms with Gasteiger partial charge in [0.05, 0.1) is 12.2 Å². The highest BCUT2D eigenvalue weighted by atomic mass is 35.5. The molecule has 1 atom stereocenters. The van der Waals surface area contributed by atoms with Crippen molar-refractivity contribution in [2.45, 2.75) is 37.9 Å². The Bertz CT molecular complexity index is 748. The summed E-state index contributed by atoms with van der Waals surface area (Å²) in [7, 11) is 0. The van der Waals surface area contributed by atoms with Crippen LogP contribution in [0.5, 0.6) is 11.5 Å². The summed E-state index contributed by atoms with van der Waals surface area (Å²) in [6, 6.07) is 9.69. The van der Waals surface area contributed by atoms with E-state index in [2.05, 4.69) is 0 Å². The number of nitrogens with two attached hydrogens (primary N) is 1. The van der Waals surface area contributed by atoms with E-state index in [4.69, 9.17) is 27.2 Å². The van der Waals surface area contributed by atoms with Gasteiger partial charge >= 0.3 is 6.18 Å². The maximum Gasteiger partial charge on any atom is 0.416 e. The quantitative estimate of drug-likeness (QED) is 0.688. The van der Waals surface area contributed by atoms with Crippen LogP contribution in [0.1, 0.15) is 30.9 Å². The first-order valence-corrected chi connectivity index (χ1v) is 8.52. The molecule has 0 fully saturated rings. The van der Waals surface area contributed by atoms with E-state index in [-0.39, 0.29) is 12.4 Å². The van der Waals surface area contributed by atoms with Gasteiger partial charge < -0.3 is 15.6 Å². The molecule has 0 amide bonds. The number of rotatable bonds is 7. The van der Waals surface area contributed by atoms with Crippen LogP contribution in [0, 0.1) is 0 Å². The van der Waals surface area contributed by atoms with Gasteiger partial charge in [-0.1, -0.05) is 23.7 Å². The molecule has 0 aliphatic rings. The highest BCUT2D eigenvalue weighted by molar-refractivity contribution is 6.31. The molecular formula is C19H21ClF3NO2. The smallest absolute Gasteiger partial charge is 0.416 e. The third-order valence-corrected chi connectivity index (χ3v) is 4.33. The predicted octanol–water partition coefficient (Wildman–Crippen LogP) is 5.18. The van der Waals surface area contributed by atoms with E-state index < -0.39 is 17.3 Å². The first-order valence-electron chi connectivity index (χ1n) is 8.14. The summed E-state index contributed by atoms with van der Waals surface area (Å²) in [5.74, 6) is 0.447. The standard InChI is InChI=1S/C19H21ClF3NO2/c1-18(24,12-25)9-3-4-13-7-8-16(11-17(13)20)26-15-6-2-5-14(10-15)19(21,22)23/h2,5-8,10-11,25H,3-4,9,12,24H2,1H3. The summed E-state index contributed by atoms with van der Waals surface area (Å²) in [5, 5.41) is 9.62. The average molecular weight is 388 g/mol. The molecule has 0 saturated carbocycles. The van der Waals surface area contributed by atoms with Crippen molar-refractivity contribution in [3.8, 4) is 11.5 Å². The first-order chi connectivity index (χ1) is 12.1. The van der Waals surface area contributed by atoms with E-state index in [0.29, 0.717) is 23.6 Å². The Morgan fingerprint density at radius 2 is 1.81 bits per heavy atom. The van der Waals surface area contributed by atoms with Crippen LogP contribution in [-0.2, 0) is 12.6 Å². The molecule has 0 heterocycles. The van der Waals surface area contributed by atoms with Gasteiger partial charge in [0.15, 0.2) is 0 Å². The number of alkyl halides is 3. The Morgan fingerprint density at radius 3 is 2.42 bits per heavy atom. The van der Waals surface area contributed by atoms with Gasteiger partial charge in [0.25, 0.3) is 0 Å². The van der Waals surface area contributed by atoms with Crippen LogP contribution in [-0.4, -0.2) is 17.3 Å². The van der Waals surface area contributed by atoms with Crippen LogP contribution >= 0.6 is 11.6 Å². The van der Waals surface area contributed by atoms with Crippen molar-refractivity contribution < 1.29 is 23.0 Å². The Labute approximate surface area is 155 Å². The minimum absolute atomic E-state index is 0.0884. The van der Waals surface area contributed by atoms with E-state index in [1.807, 2.05) is 0 Å². The van der Waals surface area contributed by atoms with Crippen molar-refractivity contribution in [3.63, 3.8) is 0 Å². The van der Waals surface area contributed by atoms with Crippen molar-refractivity contribution in [1.29, 1.82) is 0 Å². The lowest BCUT2D eigenvalue weighted by atomic mass is 9.95. The molecule has 3 nitrogen and oxygen atoms in total. The van der Waals surface area contributed by atoms with E-state index in [1.165, 1.54) is 12.1 Å². The van der Waals surface area contributed by atoms with Crippen LogP contribution in [0.25, 0.3) is 0 Å². The fraction of sp³-hybridized carbons (Fsp3) is 0.368. The molecule has 0 bridgehead atoms. The molecule has 2 aromatic rings. The second kappa shape index (κ2) is 8.29. The molecule has 0 aromatic heterocycles. The zero-order valence-corrected chi connectivity index (χ0v) is 15.1. The second-order valence-electron chi connectivity index (χ2n) is 6.55. The summed E-state index contributed by atoms with van der Waals surface area (Å²) in [6.07, 6.45) is -2.36. The number of hydrogen-bond acceptors (Lipinski definition) is 3. The van der Waals surface area contributed by atoms with Crippen molar-refractivity contribution in [2.75, 3.05) is 6.61 Å². The third-order valence-electron chi connectivity index (χ3n) is 3.98. The molecule has 0 saturated heterocycles. The van der Waals surface area contributed by atoms with E-state index in [1.54, 1.807) is 25.1 Å². The molecule has 26 heavy (non-hydrogen) atoms. The van der Waals surface area contributed by atoms with Crippen LogP contribution in [0.2, 0.25) is 5.02 Å². The number of ether oxygens (including phenoxy) is 1. The van der Waals surface area contributed by atoms with Gasteiger partial charge in [-0.3, -0.25) is 0 Å². The highest BCUT2D eigenvalue weighted by Gasteiger charge is 2.30. The number of aliphatic hydroxyl groups is 1. The van der Waals surface area contributed by atoms with Gasteiger partial charge in [0, 0.05) is 10.6 Å². The Balaban J connectivity index is 2.03. The molecule has 2 aromatic carbocycles. The van der Waals surface area contributed by atoms with Gasteiger partial charge in [-0.2, -0.15) is 13.2 Å². The van der Waals surface area contributed by atoms with Crippen LogP contribution in [0.3, 0.4) is 0 Å². The maximum absolute atomic E-state index is 12.8. The van der Waals surface area contributed by atoms with Gasteiger partial charge in [-0.25, -0.2) is 0 Å². The number of benzene rings is 2. The fourth-order valence-electron chi connectivity index (χ4n) is 2.43. The maximum atomic E-state index is 12.8. The van der Waals surface area contributed by atoms with E-state index in [9.17, 15) is 13.2 Å². The summed E-state index contributed by atoms with van der Waals surface area (Å²) >= 11 is 6.24. The lowest BCUT2D eigenvalue weighted by Gasteiger charge is -2.21. The van der Waals surface area contributed by atoms with Crippen LogP contribution in [0.15, 0.2) is 42.5 Å². The van der Waals surface area contributed by atoms with Gasteiger partial charge in [0.1, 0.15) is 11.5 Å². The van der Waals surface area contributed by atoms with Crippen molar-refractivity contribution >= 4 is 11.6 Å². The zero-order chi connectivity index (χ0) is 19.4. The first kappa shape index (κ1) is 20.6. The average Bonchev–Trinajstić information content (AvgIpc) is 2.56. The molecule has 0 radical (unpaired) electrons. The lowest BCUT2D eigenvalue weighted by molar-refractivity contribution is -0.137. The van der Waals surface area contributed by atoms with Crippen LogP contribution < -0.4 is 10.5 Å². The van der Waals surface area contributed by atoms with E-state index >= 15 is 0 Å². The summed E-state index contributed by atoms with van der Waals surface area (Å²) in [5.41, 5.74) is 5.38. The molecule has 0 aliphatic heterocycles. The molecular weight excluding hydrogens is 367 g/mol. The lowest BCUT2D eigenvalue weighted by Crippen LogP contribution is -2.40. The summed E-state index contributed by atoms with van der Waals surface area (Å²) < 4.78 is 43.7. The molecule has 3 N–H and O–H groups in total. The minimum Gasteiger partial charge on any atom is -0.457 e. The largest absolute Gasteiger partial charge is 0.457 e. The Morgan fingerprint density at radius 1 is 1.12 bits per heavy atom. The summed E-state index contributed by atoms with van der Waals surface area (Å²) in [4.78, 5) is 0. The minimum atomic E-state index is -4.42. The zero-order valence-electron chi connectivity index (χ0n) is 14.3. The van der Waals surface area contributed by atoms with E-state index in [0.717, 1.165) is 24.1 Å². The number of aliphatic hydroxyl groups excluding tert-OH is 1. The molecule has 142 valence electrons. The molecule has 7 heteroatoms. The number of hydrogen-bond donors (Lipinski definition) is 2. The van der Waals surface area contributed by atoms with Gasteiger partial charge in [-0.05, 0) is 62.1 Å². The number of halogens is 4. The fourth-order valence-corrected chi connectivity index (χ4v) is 2.69. The molecule has 0 spiro atoms. The van der Waals surface area contributed by atoms with Gasteiger partial charge in [0.2, 0.25) is 0 Å². The molecule has 1 unspecified atom stereocenters. The Hall–Kier alpha value is -1.76. The predicted molar refractivity (Wildman–Crippen MR) is 95.6 cm³/mol.